The fourth-order valence-electron chi connectivity index (χ4n) is 1.77. The molecular formula is C13H12F2N4O4. The van der Waals surface area contributed by atoms with Gasteiger partial charge in [-0.25, -0.2) is 0 Å². The number of carbonyl (C=O) groups excluding carboxylic acids is 1. The van der Waals surface area contributed by atoms with E-state index in [9.17, 15) is 23.7 Å². The van der Waals surface area contributed by atoms with E-state index in [4.69, 9.17) is 0 Å². The van der Waals surface area contributed by atoms with E-state index in [1.165, 1.54) is 35.1 Å². The molecule has 1 amide bonds. The number of carbonyl (C=O) groups is 1. The highest BCUT2D eigenvalue weighted by Gasteiger charge is 2.11. The number of benzene rings is 1. The second-order valence-electron chi connectivity index (χ2n) is 4.38. The smallest absolute Gasteiger partial charge is 0.387 e. The van der Waals surface area contributed by atoms with Gasteiger partial charge in [-0.05, 0) is 18.2 Å². The lowest BCUT2D eigenvalue weighted by atomic mass is 10.2. The molecule has 1 heterocycles. The fourth-order valence-corrected chi connectivity index (χ4v) is 1.77. The highest BCUT2D eigenvalue weighted by Crippen LogP contribution is 2.15. The van der Waals surface area contributed by atoms with Crippen molar-refractivity contribution in [2.24, 2.45) is 0 Å². The molecule has 0 aliphatic heterocycles. The molecule has 0 fully saturated rings. The Bertz CT molecular complexity index is 705. The van der Waals surface area contributed by atoms with Crippen LogP contribution >= 0.6 is 0 Å². The van der Waals surface area contributed by atoms with Crippen molar-refractivity contribution in [3.63, 3.8) is 0 Å². The van der Waals surface area contributed by atoms with E-state index in [1.54, 1.807) is 0 Å². The van der Waals surface area contributed by atoms with Gasteiger partial charge in [-0.2, -0.15) is 13.9 Å². The standard InChI is InChI=1S/C13H12F2N4O4/c14-13(15)23-11-3-1-2-9(6-11)12(20)16-4-5-18-8-10(7-17-18)19(21)22/h1-3,6-8,13H,4-5H2,(H,16,20). The van der Waals surface area contributed by atoms with Gasteiger partial charge >= 0.3 is 12.3 Å². The predicted octanol–water partition coefficient (Wildman–Crippen LogP) is 1.82. The summed E-state index contributed by atoms with van der Waals surface area (Å²) in [5, 5.41) is 16.8. The molecule has 0 saturated carbocycles. The quantitative estimate of drug-likeness (QED) is 0.618. The molecule has 10 heteroatoms. The molecule has 8 nitrogen and oxygen atoms in total. The van der Waals surface area contributed by atoms with Gasteiger partial charge in [0.25, 0.3) is 5.91 Å². The van der Waals surface area contributed by atoms with Gasteiger partial charge in [0.1, 0.15) is 18.1 Å². The Morgan fingerprint density at radius 3 is 2.91 bits per heavy atom. The number of nitro groups is 1. The number of nitrogens with zero attached hydrogens (tertiary/aromatic N) is 3. The monoisotopic (exact) mass is 326 g/mol. The Morgan fingerprint density at radius 1 is 1.48 bits per heavy atom. The van der Waals surface area contributed by atoms with E-state index in [-0.39, 0.29) is 30.1 Å². The SMILES string of the molecule is O=C(NCCn1cc([N+](=O)[O-])cn1)c1cccc(OC(F)F)c1. The Hall–Kier alpha value is -3.04. The van der Waals surface area contributed by atoms with Crippen LogP contribution in [0, 0.1) is 10.1 Å². The zero-order valence-electron chi connectivity index (χ0n) is 11.7. The van der Waals surface area contributed by atoms with E-state index < -0.39 is 17.4 Å². The highest BCUT2D eigenvalue weighted by molar-refractivity contribution is 5.94. The fraction of sp³-hybridized carbons (Fsp3) is 0.231. The summed E-state index contributed by atoms with van der Waals surface area (Å²) in [7, 11) is 0. The van der Waals surface area contributed by atoms with Gasteiger partial charge in [-0.1, -0.05) is 6.07 Å². The van der Waals surface area contributed by atoms with Crippen molar-refractivity contribution >= 4 is 11.6 Å². The summed E-state index contributed by atoms with van der Waals surface area (Å²) in [6.45, 7) is -2.58. The number of alkyl halides is 2. The molecule has 0 radical (unpaired) electrons. The van der Waals surface area contributed by atoms with Crippen molar-refractivity contribution in [1.82, 2.24) is 15.1 Å². The maximum absolute atomic E-state index is 12.1. The molecule has 0 atom stereocenters. The first-order valence-electron chi connectivity index (χ1n) is 6.45. The molecule has 1 aromatic carbocycles. The predicted molar refractivity (Wildman–Crippen MR) is 74.3 cm³/mol. The first-order chi connectivity index (χ1) is 11.0. The number of amides is 1. The number of aromatic nitrogens is 2. The van der Waals surface area contributed by atoms with Crippen molar-refractivity contribution in [1.29, 1.82) is 0 Å². The summed E-state index contributed by atoms with van der Waals surface area (Å²) < 4.78 is 29.8. The Balaban J connectivity index is 1.88. The Morgan fingerprint density at radius 2 is 2.26 bits per heavy atom. The van der Waals surface area contributed by atoms with Crippen molar-refractivity contribution in [2.45, 2.75) is 13.2 Å². The summed E-state index contributed by atoms with van der Waals surface area (Å²) in [6.07, 6.45) is 2.34. The highest BCUT2D eigenvalue weighted by atomic mass is 19.3. The zero-order chi connectivity index (χ0) is 16.8. The molecule has 1 N–H and O–H groups in total. The molecule has 0 aliphatic carbocycles. The molecular weight excluding hydrogens is 314 g/mol. The number of rotatable bonds is 7. The van der Waals surface area contributed by atoms with Crippen LogP contribution in [0.1, 0.15) is 10.4 Å². The largest absolute Gasteiger partial charge is 0.435 e. The van der Waals surface area contributed by atoms with Gasteiger partial charge in [-0.3, -0.25) is 19.6 Å². The summed E-state index contributed by atoms with van der Waals surface area (Å²) in [5.41, 5.74) is 0.0165. The van der Waals surface area contributed by atoms with Gasteiger partial charge in [0.2, 0.25) is 0 Å². The molecule has 2 rings (SSSR count). The van der Waals surface area contributed by atoms with E-state index in [0.29, 0.717) is 0 Å². The van der Waals surface area contributed by atoms with Crippen molar-refractivity contribution in [3.05, 3.63) is 52.3 Å². The average Bonchev–Trinajstić information content (AvgIpc) is 2.96. The lowest BCUT2D eigenvalue weighted by molar-refractivity contribution is -0.385. The van der Waals surface area contributed by atoms with Gasteiger partial charge in [0.15, 0.2) is 0 Å². The normalized spacial score (nSPS) is 10.6. The summed E-state index contributed by atoms with van der Waals surface area (Å²) in [6, 6.07) is 5.38. The van der Waals surface area contributed by atoms with Crippen LogP contribution in [-0.4, -0.2) is 33.8 Å². The second-order valence-corrected chi connectivity index (χ2v) is 4.38. The summed E-state index contributed by atoms with van der Waals surface area (Å²) in [5.74, 6) is -0.596. The molecule has 0 saturated heterocycles. The number of nitrogens with one attached hydrogen (secondary N) is 1. The summed E-state index contributed by atoms with van der Waals surface area (Å²) in [4.78, 5) is 21.8. The third-order valence-electron chi connectivity index (χ3n) is 2.78. The minimum Gasteiger partial charge on any atom is -0.435 e. The van der Waals surface area contributed by atoms with Crippen molar-refractivity contribution in [3.8, 4) is 5.75 Å². The number of halogens is 2. The van der Waals surface area contributed by atoms with Crippen LogP contribution in [0.2, 0.25) is 0 Å². The Labute approximate surface area is 128 Å². The van der Waals surface area contributed by atoms with Crippen LogP contribution in [0.3, 0.4) is 0 Å². The first kappa shape index (κ1) is 16.3. The number of hydrogen-bond donors (Lipinski definition) is 1. The molecule has 0 spiro atoms. The lowest BCUT2D eigenvalue weighted by Gasteiger charge is -2.08. The average molecular weight is 326 g/mol. The van der Waals surface area contributed by atoms with Crippen LogP contribution < -0.4 is 10.1 Å². The van der Waals surface area contributed by atoms with Gasteiger partial charge in [-0.15, -0.1) is 0 Å². The Kier molecular flexibility index (Phi) is 5.18. The van der Waals surface area contributed by atoms with Crippen LogP contribution in [0.15, 0.2) is 36.7 Å². The van der Waals surface area contributed by atoms with E-state index >= 15 is 0 Å². The molecule has 0 unspecified atom stereocenters. The van der Waals surface area contributed by atoms with Gasteiger partial charge < -0.3 is 10.1 Å². The second kappa shape index (κ2) is 7.29. The molecule has 23 heavy (non-hydrogen) atoms. The zero-order valence-corrected chi connectivity index (χ0v) is 11.7. The minimum absolute atomic E-state index is 0.115. The van der Waals surface area contributed by atoms with Crippen LogP contribution in [0.5, 0.6) is 5.75 Å². The molecule has 122 valence electrons. The van der Waals surface area contributed by atoms with Gasteiger partial charge in [0, 0.05) is 12.1 Å². The minimum atomic E-state index is -2.97. The van der Waals surface area contributed by atoms with Crippen LogP contribution in [0.4, 0.5) is 14.5 Å². The third-order valence-corrected chi connectivity index (χ3v) is 2.78. The van der Waals surface area contributed by atoms with E-state index in [2.05, 4.69) is 15.2 Å². The topological polar surface area (TPSA) is 99.3 Å². The maximum atomic E-state index is 12.1. The first-order valence-corrected chi connectivity index (χ1v) is 6.45. The number of ether oxygens (including phenoxy) is 1. The van der Waals surface area contributed by atoms with Gasteiger partial charge in [0.05, 0.1) is 11.5 Å². The molecule has 0 aliphatic rings. The lowest BCUT2D eigenvalue weighted by Crippen LogP contribution is -2.27. The van der Waals surface area contributed by atoms with E-state index in [0.717, 1.165) is 6.20 Å². The third kappa shape index (κ3) is 4.73. The molecule has 2 aromatic rings. The van der Waals surface area contributed by atoms with Crippen LogP contribution in [-0.2, 0) is 6.54 Å². The van der Waals surface area contributed by atoms with E-state index in [1.807, 2.05) is 0 Å². The van der Waals surface area contributed by atoms with Crippen molar-refractivity contribution < 1.29 is 23.2 Å². The molecule has 0 bridgehead atoms. The number of hydrogen-bond acceptors (Lipinski definition) is 5. The molecule has 1 aromatic heterocycles. The maximum Gasteiger partial charge on any atom is 0.387 e. The van der Waals surface area contributed by atoms with Crippen LogP contribution in [0.25, 0.3) is 0 Å². The van der Waals surface area contributed by atoms with Crippen molar-refractivity contribution in [2.75, 3.05) is 6.54 Å². The summed E-state index contributed by atoms with van der Waals surface area (Å²) >= 11 is 0.